The molecule has 0 aliphatic heterocycles. The maximum atomic E-state index is 13.6. The maximum Gasteiger partial charge on any atom is 0.319 e. The largest absolute Gasteiger partial charge is 0.459 e. The minimum absolute atomic E-state index is 0.0257. The number of fused-ring (bicyclic) bond motifs is 1. The summed E-state index contributed by atoms with van der Waals surface area (Å²) in [5, 5.41) is 4.10. The van der Waals surface area contributed by atoms with Gasteiger partial charge in [0.2, 0.25) is 5.28 Å². The van der Waals surface area contributed by atoms with Crippen molar-refractivity contribution in [3.05, 3.63) is 53.0 Å². The normalized spacial score (nSPS) is 12.9. The number of hydrogen-bond donors (Lipinski definition) is 2. The number of furan rings is 1. The first kappa shape index (κ1) is 16.8. The van der Waals surface area contributed by atoms with E-state index in [9.17, 15) is 9.18 Å². The van der Waals surface area contributed by atoms with Crippen molar-refractivity contribution in [3.63, 3.8) is 0 Å². The van der Waals surface area contributed by atoms with Crippen LogP contribution in [0.25, 0.3) is 11.0 Å². The van der Waals surface area contributed by atoms with E-state index >= 15 is 0 Å². The zero-order valence-corrected chi connectivity index (χ0v) is 15.2. The number of aromatic nitrogens is 2. The highest BCUT2D eigenvalue weighted by Crippen LogP contribution is 2.33. The smallest absolute Gasteiger partial charge is 0.319 e. The van der Waals surface area contributed by atoms with Gasteiger partial charge in [-0.15, -0.1) is 0 Å². The van der Waals surface area contributed by atoms with Crippen molar-refractivity contribution in [3.8, 4) is 0 Å². The third-order valence-electron chi connectivity index (χ3n) is 4.00. The molecular weight excluding hydrogens is 359 g/mol. The lowest BCUT2D eigenvalue weighted by molar-refractivity contribution is 0.241. The topological polar surface area (TPSA) is 80.0 Å². The molecule has 2 N–H and O–H groups in total. The van der Waals surface area contributed by atoms with Crippen LogP contribution in [0.3, 0.4) is 0 Å². The van der Waals surface area contributed by atoms with Crippen LogP contribution >= 0.6 is 11.6 Å². The van der Waals surface area contributed by atoms with Gasteiger partial charge in [-0.3, -0.25) is 0 Å². The third-order valence-corrected chi connectivity index (χ3v) is 4.20. The first-order chi connectivity index (χ1) is 12.8. The summed E-state index contributed by atoms with van der Waals surface area (Å²) >= 11 is 5.63. The summed E-state index contributed by atoms with van der Waals surface area (Å²) in [5.74, 6) is 0.135. The van der Waals surface area contributed by atoms with Crippen LogP contribution in [-0.4, -0.2) is 16.0 Å². The summed E-state index contributed by atoms with van der Waals surface area (Å²) in [6.45, 7) is 5.64. The number of amides is 2. The molecule has 0 fully saturated rings. The Balaban J connectivity index is 1.89. The molecule has 0 saturated heterocycles. The van der Waals surface area contributed by atoms with Crippen LogP contribution in [0.4, 0.5) is 14.9 Å². The zero-order valence-electron chi connectivity index (χ0n) is 15.5. The fraction of sp³-hybridized carbons (Fsp3) is 0.278. The van der Waals surface area contributed by atoms with Gasteiger partial charge in [0.1, 0.15) is 17.2 Å². The Morgan fingerprint density at radius 1 is 1.35 bits per heavy atom. The van der Waals surface area contributed by atoms with Gasteiger partial charge in [0.15, 0.2) is 1.41 Å². The molecule has 0 radical (unpaired) electrons. The second kappa shape index (κ2) is 7.29. The van der Waals surface area contributed by atoms with Gasteiger partial charge in [-0.25, -0.2) is 19.2 Å². The highest BCUT2D eigenvalue weighted by atomic mass is 35.5. The summed E-state index contributed by atoms with van der Waals surface area (Å²) in [6, 6.07) is 3.10. The molecule has 136 valence electrons. The summed E-state index contributed by atoms with van der Waals surface area (Å²) in [5.41, 5.74) is 1.45. The van der Waals surface area contributed by atoms with E-state index in [4.69, 9.17) is 17.4 Å². The van der Waals surface area contributed by atoms with E-state index in [1.807, 2.05) is 20.8 Å². The van der Waals surface area contributed by atoms with Crippen LogP contribution in [0.5, 0.6) is 0 Å². The van der Waals surface area contributed by atoms with Crippen molar-refractivity contribution in [2.45, 2.75) is 26.8 Å². The number of rotatable bonds is 4. The Morgan fingerprint density at radius 2 is 2.04 bits per heavy atom. The van der Waals surface area contributed by atoms with Gasteiger partial charge >= 0.3 is 6.03 Å². The van der Waals surface area contributed by atoms with E-state index in [1.54, 1.807) is 6.07 Å². The molecule has 2 aromatic heterocycles. The second-order valence-electron chi connectivity index (χ2n) is 6.23. The lowest BCUT2D eigenvalue weighted by Gasteiger charge is -2.21. The van der Waals surface area contributed by atoms with Crippen LogP contribution in [0.2, 0.25) is 6.70 Å². The maximum absolute atomic E-state index is 13.6. The predicted octanol–water partition coefficient (Wildman–Crippen LogP) is 4.84. The van der Waals surface area contributed by atoms with Crippen molar-refractivity contribution in [2.75, 3.05) is 5.31 Å². The van der Waals surface area contributed by atoms with Gasteiger partial charge in [-0.1, -0.05) is 13.8 Å². The fourth-order valence-corrected chi connectivity index (χ4v) is 2.79. The van der Waals surface area contributed by atoms with Crippen LogP contribution in [-0.2, 0) is 0 Å². The molecule has 3 aromatic rings. The van der Waals surface area contributed by atoms with Gasteiger partial charge in [0.25, 0.3) is 0 Å². The molecule has 0 aliphatic carbocycles. The van der Waals surface area contributed by atoms with Crippen LogP contribution in [0.1, 0.15) is 31.2 Å². The summed E-state index contributed by atoms with van der Waals surface area (Å²) in [6.07, 6.45) is 2.56. The molecule has 0 unspecified atom stereocenters. The van der Waals surface area contributed by atoms with Crippen LogP contribution in [0.15, 0.2) is 35.0 Å². The van der Waals surface area contributed by atoms with E-state index in [0.717, 1.165) is 5.56 Å². The number of urea groups is 1. The molecule has 2 amide bonds. The Morgan fingerprint density at radius 3 is 2.69 bits per heavy atom. The molecule has 8 heteroatoms. The van der Waals surface area contributed by atoms with Crippen LogP contribution in [0, 0.1) is 18.7 Å². The molecule has 1 aromatic carbocycles. The van der Waals surface area contributed by atoms with Crippen molar-refractivity contribution in [1.29, 1.82) is 0 Å². The average Bonchev–Trinajstić information content (AvgIpc) is 2.95. The summed E-state index contributed by atoms with van der Waals surface area (Å²) < 4.78 is 27.4. The first-order valence-corrected chi connectivity index (χ1v) is 8.41. The minimum Gasteiger partial charge on any atom is -0.459 e. The molecule has 0 aliphatic rings. The predicted molar refractivity (Wildman–Crippen MR) is 97.7 cm³/mol. The lowest BCUT2D eigenvalue weighted by atomic mass is 9.98. The summed E-state index contributed by atoms with van der Waals surface area (Å²) in [7, 11) is 0. The molecule has 2 heterocycles. The molecule has 0 saturated carbocycles. The van der Waals surface area contributed by atoms with Gasteiger partial charge in [0, 0.05) is 10.9 Å². The first-order valence-electron chi connectivity index (χ1n) is 8.48. The molecule has 1 atom stereocenters. The van der Waals surface area contributed by atoms with Crippen molar-refractivity contribution in [1.82, 2.24) is 15.3 Å². The van der Waals surface area contributed by atoms with E-state index in [2.05, 4.69) is 15.3 Å². The van der Waals surface area contributed by atoms with Crippen molar-refractivity contribution in [2.24, 2.45) is 5.92 Å². The van der Waals surface area contributed by atoms with Gasteiger partial charge in [-0.2, -0.15) is 0 Å². The zero-order chi connectivity index (χ0) is 19.7. The number of aryl methyl sites for hydroxylation is 1. The number of nitrogens with zero attached hydrogens (tertiary/aromatic N) is 2. The SMILES string of the molecule is [2H]N(C(=O)N[C@H](c1oc2ccc(F)cc2c1C)C(C)C)c1cnc(Cl)nc1. The average molecular weight is 378 g/mol. The molecule has 6 nitrogen and oxygen atoms in total. The number of anilines is 1. The number of carbonyl (C=O) groups is 1. The Hall–Kier alpha value is -2.67. The molecule has 0 spiro atoms. The van der Waals surface area contributed by atoms with E-state index in [1.165, 1.54) is 24.5 Å². The fourth-order valence-electron chi connectivity index (χ4n) is 2.69. The van der Waals surface area contributed by atoms with Gasteiger partial charge in [0.05, 0.1) is 24.1 Å². The summed E-state index contributed by atoms with van der Waals surface area (Å²) in [4.78, 5) is 20.1. The monoisotopic (exact) mass is 377 g/mol. The Kier molecular flexibility index (Phi) is 4.71. The lowest BCUT2D eigenvalue weighted by Crippen LogP contribution is -2.35. The van der Waals surface area contributed by atoms with Crippen molar-refractivity contribution >= 4 is 34.3 Å². The molecule has 26 heavy (non-hydrogen) atoms. The standard InChI is InChI=1S/C18H18ClFN4O2/c1-9(2)15(24-18(25)23-12-7-21-17(19)22-8-12)16-10(3)13-6-11(20)4-5-14(13)26-16/h4-9,15H,1-3H3,(H2,23,24,25)/t15-/m0/s1/i/hD. The van der Waals surface area contributed by atoms with Crippen molar-refractivity contribution < 1.29 is 15.0 Å². The molecular formula is C18H18ClFN4O2. The molecule has 3 rings (SSSR count). The number of benzene rings is 1. The highest BCUT2D eigenvalue weighted by Gasteiger charge is 2.25. The third kappa shape index (κ3) is 3.77. The van der Waals surface area contributed by atoms with Gasteiger partial charge in [-0.05, 0) is 42.6 Å². The quantitative estimate of drug-likeness (QED) is 0.637. The van der Waals surface area contributed by atoms with Gasteiger partial charge < -0.3 is 15.0 Å². The van der Waals surface area contributed by atoms with E-state index in [-0.39, 0.29) is 22.7 Å². The van der Waals surface area contributed by atoms with Crippen LogP contribution < -0.4 is 10.6 Å². The van der Waals surface area contributed by atoms with E-state index < -0.39 is 12.1 Å². The number of hydrogen-bond acceptors (Lipinski definition) is 4. The Labute approximate surface area is 156 Å². The van der Waals surface area contributed by atoms with E-state index in [0.29, 0.717) is 22.0 Å². The molecule has 0 bridgehead atoms. The highest BCUT2D eigenvalue weighted by molar-refractivity contribution is 6.28. The second-order valence-corrected chi connectivity index (χ2v) is 6.56. The minimum atomic E-state index is -0.675. The number of nitrogens with one attached hydrogen (secondary N) is 2. The number of carbonyl (C=O) groups excluding carboxylic acids is 1. The number of halogens is 2. The Bertz CT molecular complexity index is 977.